The Balaban J connectivity index is 0.00000216. The number of halogens is 1. The molecule has 1 aromatic heterocycles. The quantitative estimate of drug-likeness (QED) is 0.517. The third-order valence-corrected chi connectivity index (χ3v) is 8.11. The molecule has 1 aliphatic carbocycles. The molecule has 9 heteroatoms. The van der Waals surface area contributed by atoms with E-state index in [0.29, 0.717) is 24.3 Å². The lowest BCUT2D eigenvalue weighted by Crippen LogP contribution is -2.29. The Morgan fingerprint density at radius 2 is 1.97 bits per heavy atom. The topological polar surface area (TPSA) is 91.5 Å². The molecule has 1 aromatic carbocycles. The second kappa shape index (κ2) is 8.26. The number of fused-ring (bicyclic) bond motifs is 2. The highest BCUT2D eigenvalue weighted by atomic mass is 35.5. The summed E-state index contributed by atoms with van der Waals surface area (Å²) in [7, 11) is 0. The molecule has 2 N–H and O–H groups in total. The van der Waals surface area contributed by atoms with E-state index in [2.05, 4.69) is 21.3 Å². The standard InChI is InChI=1S/C23H24N4O3S.ClH/c28-22-3-4-31(30)27(22)10-14-1-2-21-19(6-14)20(23(29)25-21)7-15-5-18(24-9-15)13-26-11-16-8-17(16)12-26;/h1-2,5-7,9,16-17,24H,3-4,8,10-13H2,(H,25,29);1H/t16-,17?,31?;/m1./s1. The number of nitrogens with one attached hydrogen (secondary N) is 2. The van der Waals surface area contributed by atoms with Gasteiger partial charge in [-0.1, -0.05) is 6.07 Å². The minimum atomic E-state index is -1.26. The number of carbonyl (C=O) groups excluding carboxylic acids is 2. The molecule has 3 atom stereocenters. The van der Waals surface area contributed by atoms with Crippen molar-refractivity contribution in [2.24, 2.45) is 11.8 Å². The smallest absolute Gasteiger partial charge is 0.269 e. The molecular weight excluding hydrogens is 448 g/mol. The summed E-state index contributed by atoms with van der Waals surface area (Å²) in [6.45, 7) is 3.61. The second-order valence-electron chi connectivity index (χ2n) is 9.01. The third-order valence-electron chi connectivity index (χ3n) is 6.73. The van der Waals surface area contributed by atoms with Crippen LogP contribution in [0.15, 0.2) is 30.5 Å². The number of nitrogens with zero attached hydrogens (tertiary/aromatic N) is 2. The van der Waals surface area contributed by atoms with Crippen LogP contribution >= 0.6 is 12.4 Å². The second-order valence-corrected chi connectivity index (χ2v) is 10.5. The van der Waals surface area contributed by atoms with E-state index in [-0.39, 0.29) is 24.2 Å². The number of rotatable bonds is 5. The summed E-state index contributed by atoms with van der Waals surface area (Å²) in [4.78, 5) is 30.4. The molecule has 0 spiro atoms. The maximum atomic E-state index is 12.6. The number of aromatic nitrogens is 1. The molecule has 0 bridgehead atoms. The van der Waals surface area contributed by atoms with Gasteiger partial charge in [0.25, 0.3) is 11.8 Å². The van der Waals surface area contributed by atoms with Crippen LogP contribution in [0.4, 0.5) is 5.69 Å². The number of hydrogen-bond acceptors (Lipinski definition) is 4. The van der Waals surface area contributed by atoms with E-state index < -0.39 is 11.4 Å². The fraction of sp³-hybridized carbons (Fsp3) is 0.391. The Kier molecular flexibility index (Phi) is 5.57. The summed E-state index contributed by atoms with van der Waals surface area (Å²) in [5.41, 5.74) is 5.20. The number of benzene rings is 1. The van der Waals surface area contributed by atoms with Gasteiger partial charge in [-0.05, 0) is 53.7 Å². The highest BCUT2D eigenvalue weighted by molar-refractivity contribution is 7.90. The lowest BCUT2D eigenvalue weighted by molar-refractivity contribution is -0.125. The first kappa shape index (κ1) is 21.6. The molecule has 2 unspecified atom stereocenters. The van der Waals surface area contributed by atoms with Crippen molar-refractivity contribution in [3.63, 3.8) is 0 Å². The summed E-state index contributed by atoms with van der Waals surface area (Å²) in [5.74, 6) is 2.01. The van der Waals surface area contributed by atoms with Gasteiger partial charge in [0.2, 0.25) is 0 Å². The van der Waals surface area contributed by atoms with Gasteiger partial charge >= 0.3 is 0 Å². The third kappa shape index (κ3) is 3.96. The van der Waals surface area contributed by atoms with Gasteiger partial charge in [-0.3, -0.25) is 14.5 Å². The normalized spacial score (nSPS) is 27.5. The summed E-state index contributed by atoms with van der Waals surface area (Å²) in [5, 5.41) is 2.92. The number of carbonyl (C=O) groups is 2. The first-order valence-corrected chi connectivity index (χ1v) is 12.1. The molecule has 4 aliphatic rings. The Labute approximate surface area is 196 Å². The molecule has 0 radical (unpaired) electrons. The zero-order chi connectivity index (χ0) is 21.1. The van der Waals surface area contributed by atoms with Gasteiger partial charge in [-0.15, -0.1) is 12.4 Å². The maximum Gasteiger partial charge on any atom is 0.269 e. The maximum absolute atomic E-state index is 12.6. The molecule has 2 saturated heterocycles. The zero-order valence-corrected chi connectivity index (χ0v) is 19.1. The molecule has 7 nitrogen and oxygen atoms in total. The fourth-order valence-corrected chi connectivity index (χ4v) is 6.17. The molecule has 3 fully saturated rings. The van der Waals surface area contributed by atoms with Crippen molar-refractivity contribution in [3.8, 4) is 0 Å². The van der Waals surface area contributed by atoms with E-state index in [4.69, 9.17) is 0 Å². The van der Waals surface area contributed by atoms with Crippen LogP contribution in [-0.2, 0) is 34.0 Å². The average molecular weight is 473 g/mol. The summed E-state index contributed by atoms with van der Waals surface area (Å²) < 4.78 is 13.5. The molecule has 4 heterocycles. The van der Waals surface area contributed by atoms with Gasteiger partial charge in [0.05, 0.1) is 24.3 Å². The van der Waals surface area contributed by atoms with Crippen LogP contribution in [0, 0.1) is 11.8 Å². The number of hydrogen-bond donors (Lipinski definition) is 2. The monoisotopic (exact) mass is 472 g/mol. The molecule has 3 aliphatic heterocycles. The fourth-order valence-electron chi connectivity index (χ4n) is 4.99. The van der Waals surface area contributed by atoms with Crippen molar-refractivity contribution in [1.29, 1.82) is 0 Å². The van der Waals surface area contributed by atoms with Crippen molar-refractivity contribution >= 4 is 52.9 Å². The Hall–Kier alpha value is -2.26. The first-order chi connectivity index (χ1) is 15.0. The number of H-pyrrole nitrogens is 1. The highest BCUT2D eigenvalue weighted by Gasteiger charge is 2.44. The SMILES string of the molecule is Cl.O=C1Nc2ccc(CN3C(=O)CC[S+]3[O-])cc2C1=Cc1c[nH]c(CN2CC3C[C@@H]3C2)c1. The minimum absolute atomic E-state index is 0. The Bertz CT molecular complexity index is 1110. The van der Waals surface area contributed by atoms with Crippen LogP contribution in [0.3, 0.4) is 0 Å². The van der Waals surface area contributed by atoms with Crippen LogP contribution < -0.4 is 5.32 Å². The molecule has 2 amide bonds. The number of piperidine rings is 1. The molecule has 6 rings (SSSR count). The van der Waals surface area contributed by atoms with Crippen molar-refractivity contribution in [2.45, 2.75) is 25.9 Å². The van der Waals surface area contributed by atoms with Gasteiger partial charge < -0.3 is 14.9 Å². The van der Waals surface area contributed by atoms with Crippen molar-refractivity contribution in [2.75, 3.05) is 24.2 Å². The van der Waals surface area contributed by atoms with Gasteiger partial charge in [0.1, 0.15) is 5.75 Å². The largest absolute Gasteiger partial charge is 0.593 e. The van der Waals surface area contributed by atoms with Gasteiger partial charge in [-0.2, -0.15) is 4.31 Å². The summed E-state index contributed by atoms with van der Waals surface area (Å²) in [6, 6.07) is 7.76. The zero-order valence-electron chi connectivity index (χ0n) is 17.5. The molecule has 1 saturated carbocycles. The first-order valence-electron chi connectivity index (χ1n) is 10.8. The predicted octanol–water partition coefficient (Wildman–Crippen LogP) is 2.78. The lowest BCUT2D eigenvalue weighted by atomic mass is 10.0. The van der Waals surface area contributed by atoms with Gasteiger partial charge in [0, 0.05) is 48.3 Å². The average Bonchev–Trinajstić information content (AvgIpc) is 3.10. The molecular formula is C23H25ClN4O3S. The molecule has 32 heavy (non-hydrogen) atoms. The minimum Gasteiger partial charge on any atom is -0.593 e. The summed E-state index contributed by atoms with van der Waals surface area (Å²) >= 11 is -1.26. The Morgan fingerprint density at radius 3 is 2.72 bits per heavy atom. The van der Waals surface area contributed by atoms with Gasteiger partial charge in [0.15, 0.2) is 0 Å². The van der Waals surface area contributed by atoms with Crippen LogP contribution in [0.1, 0.15) is 35.2 Å². The van der Waals surface area contributed by atoms with Crippen LogP contribution in [-0.4, -0.2) is 49.4 Å². The van der Waals surface area contributed by atoms with Crippen molar-refractivity contribution in [3.05, 3.63) is 52.8 Å². The molecule has 168 valence electrons. The van der Waals surface area contributed by atoms with E-state index in [9.17, 15) is 14.1 Å². The van der Waals surface area contributed by atoms with Crippen LogP contribution in [0.5, 0.6) is 0 Å². The Morgan fingerprint density at radius 1 is 1.16 bits per heavy atom. The number of anilines is 1. The van der Waals surface area contributed by atoms with Crippen molar-refractivity contribution in [1.82, 2.24) is 14.2 Å². The number of aromatic amines is 1. The van der Waals surface area contributed by atoms with E-state index in [1.165, 1.54) is 23.8 Å². The number of likely N-dealkylation sites (tertiary alicyclic amines) is 1. The lowest BCUT2D eigenvalue weighted by Gasteiger charge is -2.17. The number of amides is 2. The molecule has 2 aromatic rings. The van der Waals surface area contributed by atoms with E-state index >= 15 is 0 Å². The van der Waals surface area contributed by atoms with E-state index in [1.54, 1.807) is 0 Å². The van der Waals surface area contributed by atoms with Gasteiger partial charge in [-0.25, -0.2) is 0 Å². The highest BCUT2D eigenvalue weighted by Crippen LogP contribution is 2.45. The van der Waals surface area contributed by atoms with E-state index in [1.807, 2.05) is 30.5 Å². The summed E-state index contributed by atoms with van der Waals surface area (Å²) in [6.07, 6.45) is 5.58. The predicted molar refractivity (Wildman–Crippen MR) is 126 cm³/mol. The van der Waals surface area contributed by atoms with Crippen LogP contribution in [0.25, 0.3) is 11.6 Å². The van der Waals surface area contributed by atoms with E-state index in [0.717, 1.165) is 46.5 Å². The van der Waals surface area contributed by atoms with Crippen molar-refractivity contribution < 1.29 is 14.1 Å². The van der Waals surface area contributed by atoms with Crippen LogP contribution in [0.2, 0.25) is 0 Å².